The summed E-state index contributed by atoms with van der Waals surface area (Å²) in [5.74, 6) is 0. The van der Waals surface area contributed by atoms with Gasteiger partial charge in [-0.1, -0.05) is 27.7 Å². The standard InChI is InChI=1S/C15H32N2/c1-6-15(7-2,11-16-5)13-17-10-8-9-14(3,4)12-17/h16H,6-13H2,1-5H3. The van der Waals surface area contributed by atoms with Crippen LogP contribution in [0.2, 0.25) is 0 Å². The molecule has 2 nitrogen and oxygen atoms in total. The smallest absolute Gasteiger partial charge is 0.00502 e. The molecular weight excluding hydrogens is 208 g/mol. The maximum atomic E-state index is 3.39. The lowest BCUT2D eigenvalue weighted by molar-refractivity contribution is 0.0643. The van der Waals surface area contributed by atoms with Crippen LogP contribution in [0.5, 0.6) is 0 Å². The van der Waals surface area contributed by atoms with E-state index in [2.05, 4.69) is 45.0 Å². The first-order valence-electron chi connectivity index (χ1n) is 7.34. The van der Waals surface area contributed by atoms with E-state index < -0.39 is 0 Å². The van der Waals surface area contributed by atoms with Crippen LogP contribution in [-0.2, 0) is 0 Å². The third-order valence-electron chi connectivity index (χ3n) is 4.59. The summed E-state index contributed by atoms with van der Waals surface area (Å²) < 4.78 is 0. The van der Waals surface area contributed by atoms with E-state index in [9.17, 15) is 0 Å². The molecule has 0 unspecified atom stereocenters. The monoisotopic (exact) mass is 240 g/mol. The van der Waals surface area contributed by atoms with Gasteiger partial charge in [0, 0.05) is 19.6 Å². The van der Waals surface area contributed by atoms with Gasteiger partial charge >= 0.3 is 0 Å². The molecule has 0 aliphatic carbocycles. The summed E-state index contributed by atoms with van der Waals surface area (Å²) in [4.78, 5) is 2.70. The van der Waals surface area contributed by atoms with Crippen LogP contribution in [0.1, 0.15) is 53.4 Å². The zero-order valence-corrected chi connectivity index (χ0v) is 12.6. The van der Waals surface area contributed by atoms with Gasteiger partial charge < -0.3 is 10.2 Å². The largest absolute Gasteiger partial charge is 0.319 e. The van der Waals surface area contributed by atoms with Crippen molar-refractivity contribution in [2.45, 2.75) is 53.4 Å². The van der Waals surface area contributed by atoms with Crippen molar-refractivity contribution in [2.24, 2.45) is 10.8 Å². The van der Waals surface area contributed by atoms with Crippen molar-refractivity contribution in [1.29, 1.82) is 0 Å². The quantitative estimate of drug-likeness (QED) is 0.767. The fourth-order valence-electron chi connectivity index (χ4n) is 3.31. The van der Waals surface area contributed by atoms with E-state index in [0.717, 1.165) is 6.54 Å². The predicted octanol–water partition coefficient (Wildman–Crippen LogP) is 3.13. The van der Waals surface area contributed by atoms with Gasteiger partial charge in [0.25, 0.3) is 0 Å². The van der Waals surface area contributed by atoms with Crippen LogP contribution in [0.25, 0.3) is 0 Å². The summed E-state index contributed by atoms with van der Waals surface area (Å²) in [6.45, 7) is 14.5. The number of nitrogens with zero attached hydrogens (tertiary/aromatic N) is 1. The van der Waals surface area contributed by atoms with Crippen LogP contribution in [0.4, 0.5) is 0 Å². The van der Waals surface area contributed by atoms with Crippen molar-refractivity contribution in [2.75, 3.05) is 33.2 Å². The summed E-state index contributed by atoms with van der Waals surface area (Å²) in [7, 11) is 2.08. The van der Waals surface area contributed by atoms with Crippen LogP contribution < -0.4 is 5.32 Å². The van der Waals surface area contributed by atoms with Crippen LogP contribution in [0.15, 0.2) is 0 Å². The summed E-state index contributed by atoms with van der Waals surface area (Å²) >= 11 is 0. The molecule has 0 atom stereocenters. The lowest BCUT2D eigenvalue weighted by Crippen LogP contribution is -2.48. The highest BCUT2D eigenvalue weighted by molar-refractivity contribution is 4.87. The van der Waals surface area contributed by atoms with Crippen molar-refractivity contribution in [1.82, 2.24) is 10.2 Å². The molecule has 0 spiro atoms. The highest BCUT2D eigenvalue weighted by Crippen LogP contribution is 2.33. The van der Waals surface area contributed by atoms with E-state index in [0.29, 0.717) is 10.8 Å². The first kappa shape index (κ1) is 15.0. The first-order valence-corrected chi connectivity index (χ1v) is 7.34. The molecule has 0 amide bonds. The Kier molecular flexibility index (Phi) is 5.46. The molecule has 102 valence electrons. The van der Waals surface area contributed by atoms with Gasteiger partial charge in [0.2, 0.25) is 0 Å². The molecular formula is C15H32N2. The average molecular weight is 240 g/mol. The molecule has 17 heavy (non-hydrogen) atoms. The second kappa shape index (κ2) is 6.19. The van der Waals surface area contributed by atoms with Crippen molar-refractivity contribution in [3.05, 3.63) is 0 Å². The minimum atomic E-state index is 0.474. The van der Waals surface area contributed by atoms with E-state index in [1.54, 1.807) is 0 Å². The van der Waals surface area contributed by atoms with E-state index in [4.69, 9.17) is 0 Å². The van der Waals surface area contributed by atoms with Gasteiger partial charge in [0.05, 0.1) is 0 Å². The highest BCUT2D eigenvalue weighted by atomic mass is 15.1. The molecule has 0 aromatic heterocycles. The van der Waals surface area contributed by atoms with E-state index >= 15 is 0 Å². The predicted molar refractivity (Wildman–Crippen MR) is 76.4 cm³/mol. The molecule has 1 aliphatic heterocycles. The van der Waals surface area contributed by atoms with Gasteiger partial charge in [-0.05, 0) is 50.1 Å². The average Bonchev–Trinajstić information content (AvgIpc) is 2.27. The van der Waals surface area contributed by atoms with Crippen molar-refractivity contribution < 1.29 is 0 Å². The van der Waals surface area contributed by atoms with Gasteiger partial charge in [0.15, 0.2) is 0 Å². The summed E-state index contributed by atoms with van der Waals surface area (Å²) in [5.41, 5.74) is 0.993. The summed E-state index contributed by atoms with van der Waals surface area (Å²) in [6, 6.07) is 0. The molecule has 1 saturated heterocycles. The molecule has 0 saturated carbocycles. The number of hydrogen-bond donors (Lipinski definition) is 1. The Balaban J connectivity index is 2.60. The van der Waals surface area contributed by atoms with Crippen LogP contribution in [-0.4, -0.2) is 38.1 Å². The van der Waals surface area contributed by atoms with E-state index in [1.165, 1.54) is 45.3 Å². The molecule has 0 radical (unpaired) electrons. The third-order valence-corrected chi connectivity index (χ3v) is 4.59. The minimum absolute atomic E-state index is 0.474. The molecule has 1 heterocycles. The topological polar surface area (TPSA) is 15.3 Å². The maximum Gasteiger partial charge on any atom is 0.00502 e. The summed E-state index contributed by atoms with van der Waals surface area (Å²) in [5, 5.41) is 3.39. The van der Waals surface area contributed by atoms with Gasteiger partial charge in [-0.25, -0.2) is 0 Å². The summed E-state index contributed by atoms with van der Waals surface area (Å²) in [6.07, 6.45) is 5.32. The molecule has 2 heteroatoms. The van der Waals surface area contributed by atoms with E-state index in [-0.39, 0.29) is 0 Å². The molecule has 0 bridgehead atoms. The van der Waals surface area contributed by atoms with Crippen molar-refractivity contribution >= 4 is 0 Å². The maximum absolute atomic E-state index is 3.39. The normalized spacial score (nSPS) is 21.7. The van der Waals surface area contributed by atoms with Crippen molar-refractivity contribution in [3.8, 4) is 0 Å². The Labute approximate surface area is 108 Å². The van der Waals surface area contributed by atoms with Gasteiger partial charge in [-0.3, -0.25) is 0 Å². The second-order valence-electron chi connectivity index (χ2n) is 6.72. The van der Waals surface area contributed by atoms with Crippen molar-refractivity contribution in [3.63, 3.8) is 0 Å². The Bertz CT molecular complexity index is 219. The van der Waals surface area contributed by atoms with Gasteiger partial charge in [0.1, 0.15) is 0 Å². The second-order valence-corrected chi connectivity index (χ2v) is 6.72. The molecule has 1 N–H and O–H groups in total. The van der Waals surface area contributed by atoms with E-state index in [1.807, 2.05) is 0 Å². The lowest BCUT2D eigenvalue weighted by atomic mass is 9.79. The van der Waals surface area contributed by atoms with Crippen LogP contribution in [0.3, 0.4) is 0 Å². The number of piperidine rings is 1. The van der Waals surface area contributed by atoms with Crippen LogP contribution >= 0.6 is 0 Å². The Morgan fingerprint density at radius 2 is 1.88 bits per heavy atom. The highest BCUT2D eigenvalue weighted by Gasteiger charge is 2.32. The zero-order chi connectivity index (χ0) is 12.9. The third kappa shape index (κ3) is 4.26. The molecule has 1 fully saturated rings. The lowest BCUT2D eigenvalue weighted by Gasteiger charge is -2.43. The molecule has 0 aromatic carbocycles. The zero-order valence-electron chi connectivity index (χ0n) is 12.6. The number of likely N-dealkylation sites (tertiary alicyclic amines) is 1. The minimum Gasteiger partial charge on any atom is -0.319 e. The fraction of sp³-hybridized carbons (Fsp3) is 1.00. The van der Waals surface area contributed by atoms with Crippen LogP contribution in [0, 0.1) is 10.8 Å². The Morgan fingerprint density at radius 1 is 1.24 bits per heavy atom. The fourth-order valence-corrected chi connectivity index (χ4v) is 3.31. The van der Waals surface area contributed by atoms with Gasteiger partial charge in [-0.2, -0.15) is 0 Å². The molecule has 1 aliphatic rings. The number of hydrogen-bond acceptors (Lipinski definition) is 2. The number of nitrogens with one attached hydrogen (secondary N) is 1. The SMILES string of the molecule is CCC(CC)(CNC)CN1CCCC(C)(C)C1. The Morgan fingerprint density at radius 3 is 2.35 bits per heavy atom. The first-order chi connectivity index (χ1) is 7.97. The molecule has 1 rings (SSSR count). The number of rotatable bonds is 6. The Hall–Kier alpha value is -0.0800. The molecule has 0 aromatic rings. The van der Waals surface area contributed by atoms with Gasteiger partial charge in [-0.15, -0.1) is 0 Å².